The number of hydrogen-bond donors (Lipinski definition) is 0. The van der Waals surface area contributed by atoms with Crippen molar-refractivity contribution in [1.29, 1.82) is 0 Å². The number of rotatable bonds is 15. The Morgan fingerprint density at radius 1 is 0.556 bits per heavy atom. The van der Waals surface area contributed by atoms with Gasteiger partial charge in [-0.2, -0.15) is 0 Å². The van der Waals surface area contributed by atoms with Crippen molar-refractivity contribution in [2.45, 2.75) is 69.6 Å². The summed E-state index contributed by atoms with van der Waals surface area (Å²) in [4.78, 5) is 0. The molecule has 0 saturated carbocycles. The van der Waals surface area contributed by atoms with E-state index >= 15 is 0 Å². The highest BCUT2D eigenvalue weighted by Crippen LogP contribution is 2.43. The summed E-state index contributed by atoms with van der Waals surface area (Å²) in [7, 11) is 0. The average molecular weight is 821 g/mol. The Labute approximate surface area is 378 Å². The summed E-state index contributed by atoms with van der Waals surface area (Å²) >= 11 is 0. The first-order valence-electron chi connectivity index (χ1n) is 23.9. The number of allylic oxidation sites excluding steroid dienone is 27. The highest BCUT2D eigenvalue weighted by molar-refractivity contribution is 5.65. The van der Waals surface area contributed by atoms with Gasteiger partial charge in [0, 0.05) is 23.7 Å². The minimum Gasteiger partial charge on any atom is -0.103 e. The summed E-state index contributed by atoms with van der Waals surface area (Å²) in [5, 5.41) is 0. The Hall–Kier alpha value is -5.98. The van der Waals surface area contributed by atoms with Gasteiger partial charge in [-0.15, -0.1) is 6.58 Å². The first kappa shape index (κ1) is 42.3. The third-order valence-electron chi connectivity index (χ3n) is 14.3. The molecule has 0 spiro atoms. The SMILES string of the molecule is C=CC(CC=CC1C=CC=CC1)C(C1=CCC(C2=CCC(Cc3ccccc3)C=C2)C=C1)c1ccc(-c2ccc(C(C3=CCCC=C3)C3C=CC(C4C=CC=CC4)=CC3)cc2)cc1. The van der Waals surface area contributed by atoms with Crippen molar-refractivity contribution in [3.63, 3.8) is 0 Å². The quantitative estimate of drug-likeness (QED) is 0.134. The van der Waals surface area contributed by atoms with E-state index in [4.69, 9.17) is 0 Å². The van der Waals surface area contributed by atoms with Crippen LogP contribution in [0, 0.1) is 35.5 Å². The fraction of sp³-hybridized carbons (Fsp3) is 0.270. The van der Waals surface area contributed by atoms with E-state index in [1.54, 1.807) is 0 Å². The molecule has 6 aliphatic carbocycles. The summed E-state index contributed by atoms with van der Waals surface area (Å²) in [6.45, 7) is 4.42. The lowest BCUT2D eigenvalue weighted by molar-refractivity contribution is 0.560. The van der Waals surface area contributed by atoms with Crippen LogP contribution in [-0.4, -0.2) is 0 Å². The van der Waals surface area contributed by atoms with Crippen molar-refractivity contribution in [3.05, 3.63) is 264 Å². The number of hydrogen-bond acceptors (Lipinski definition) is 0. The average Bonchev–Trinajstić information content (AvgIpc) is 3.36. The topological polar surface area (TPSA) is 0 Å². The van der Waals surface area contributed by atoms with Crippen molar-refractivity contribution in [2.24, 2.45) is 35.5 Å². The predicted molar refractivity (Wildman–Crippen MR) is 270 cm³/mol. The molecule has 0 N–H and O–H groups in total. The zero-order chi connectivity index (χ0) is 42.6. The maximum absolute atomic E-state index is 4.42. The molecule has 316 valence electrons. The van der Waals surface area contributed by atoms with Crippen LogP contribution >= 0.6 is 0 Å². The van der Waals surface area contributed by atoms with Gasteiger partial charge in [-0.1, -0.05) is 219 Å². The fourth-order valence-electron chi connectivity index (χ4n) is 10.7. The lowest BCUT2D eigenvalue weighted by Crippen LogP contribution is -2.16. The van der Waals surface area contributed by atoms with Gasteiger partial charge in [0.1, 0.15) is 0 Å². The second-order valence-electron chi connectivity index (χ2n) is 18.4. The summed E-state index contributed by atoms with van der Waals surface area (Å²) in [5.41, 5.74) is 12.5. The van der Waals surface area contributed by atoms with Crippen LogP contribution < -0.4 is 0 Å². The van der Waals surface area contributed by atoms with Crippen LogP contribution in [0.3, 0.4) is 0 Å². The van der Waals surface area contributed by atoms with E-state index in [2.05, 4.69) is 225 Å². The van der Waals surface area contributed by atoms with E-state index in [1.165, 1.54) is 50.1 Å². The zero-order valence-corrected chi connectivity index (χ0v) is 37.0. The van der Waals surface area contributed by atoms with E-state index in [0.29, 0.717) is 35.5 Å². The van der Waals surface area contributed by atoms with Crippen LogP contribution in [0.2, 0.25) is 0 Å². The van der Waals surface area contributed by atoms with Gasteiger partial charge in [-0.05, 0) is 132 Å². The van der Waals surface area contributed by atoms with Crippen molar-refractivity contribution >= 4 is 0 Å². The van der Waals surface area contributed by atoms with Crippen LogP contribution in [-0.2, 0) is 6.42 Å². The normalized spacial score (nSPS) is 25.3. The molecular formula is C63H64. The molecule has 0 radical (unpaired) electrons. The van der Waals surface area contributed by atoms with E-state index in [-0.39, 0.29) is 11.8 Å². The monoisotopic (exact) mass is 821 g/mol. The summed E-state index contributed by atoms with van der Waals surface area (Å²) in [5.74, 6) is 3.28. The zero-order valence-electron chi connectivity index (χ0n) is 37.0. The highest BCUT2D eigenvalue weighted by atomic mass is 14.3. The van der Waals surface area contributed by atoms with E-state index in [1.807, 2.05) is 0 Å². The molecule has 0 heteroatoms. The minimum atomic E-state index is 0.231. The smallest absolute Gasteiger partial charge is 0.0152 e. The maximum atomic E-state index is 4.42. The van der Waals surface area contributed by atoms with Crippen LogP contribution in [0.5, 0.6) is 0 Å². The molecule has 3 aromatic carbocycles. The third-order valence-corrected chi connectivity index (χ3v) is 14.3. The van der Waals surface area contributed by atoms with Crippen LogP contribution in [0.4, 0.5) is 0 Å². The molecule has 0 fully saturated rings. The molecule has 0 bridgehead atoms. The molecule has 63 heavy (non-hydrogen) atoms. The summed E-state index contributed by atoms with van der Waals surface area (Å²) in [6, 6.07) is 29.9. The van der Waals surface area contributed by atoms with E-state index < -0.39 is 0 Å². The summed E-state index contributed by atoms with van der Waals surface area (Å²) < 4.78 is 0. The molecule has 0 amide bonds. The first-order chi connectivity index (χ1) is 31.2. The van der Waals surface area contributed by atoms with Gasteiger partial charge in [-0.3, -0.25) is 0 Å². The molecule has 9 rings (SSSR count). The van der Waals surface area contributed by atoms with Gasteiger partial charge >= 0.3 is 0 Å². The van der Waals surface area contributed by atoms with Gasteiger partial charge in [-0.25, -0.2) is 0 Å². The number of benzene rings is 3. The van der Waals surface area contributed by atoms with E-state index in [0.717, 1.165) is 57.8 Å². The second kappa shape index (κ2) is 20.9. The molecule has 0 saturated heterocycles. The van der Waals surface area contributed by atoms with Gasteiger partial charge in [0.05, 0.1) is 0 Å². The van der Waals surface area contributed by atoms with Crippen LogP contribution in [0.1, 0.15) is 79.9 Å². The fourth-order valence-corrected chi connectivity index (χ4v) is 10.7. The van der Waals surface area contributed by atoms with Gasteiger partial charge in [0.15, 0.2) is 0 Å². The Bertz CT molecular complexity index is 2460. The standard InChI is InChI=1S/C63H64/c1-2-50(25-15-20-47-16-7-3-8-17-47)62(58-38-32-54(33-39-58)52-28-26-49(27-29-52)46-48-18-9-4-10-19-48)59-40-34-55(35-41-59)56-36-44-61(45-37-56)63(57-23-13-6-14-24-57)60-42-30-53(31-43-60)51-21-11-5-12-22-51/h2-5,7-13,15-16,18-21,23-24,26,28-32,34-42,44-45,47,49-51,54,60,62-63H,1,6,14,17,22,25,27,33,43,46H2. The predicted octanol–water partition coefficient (Wildman–Crippen LogP) is 16.6. The van der Waals surface area contributed by atoms with Crippen molar-refractivity contribution in [3.8, 4) is 11.1 Å². The first-order valence-corrected chi connectivity index (χ1v) is 23.9. The molecule has 8 unspecified atom stereocenters. The largest absolute Gasteiger partial charge is 0.103 e. The van der Waals surface area contributed by atoms with Crippen LogP contribution in [0.25, 0.3) is 11.1 Å². The second-order valence-corrected chi connectivity index (χ2v) is 18.4. The van der Waals surface area contributed by atoms with E-state index in [9.17, 15) is 0 Å². The van der Waals surface area contributed by atoms with Gasteiger partial charge < -0.3 is 0 Å². The Balaban J connectivity index is 0.917. The Morgan fingerprint density at radius 2 is 1.29 bits per heavy atom. The molecule has 0 nitrogen and oxygen atoms in total. The molecule has 0 aliphatic heterocycles. The highest BCUT2D eigenvalue weighted by Gasteiger charge is 2.28. The maximum Gasteiger partial charge on any atom is 0.0152 e. The summed E-state index contributed by atoms with van der Waals surface area (Å²) in [6.07, 6.45) is 64.1. The van der Waals surface area contributed by atoms with Gasteiger partial charge in [0.25, 0.3) is 0 Å². The molecule has 3 aromatic rings. The molecule has 6 aliphatic rings. The molecule has 8 atom stereocenters. The molecular weight excluding hydrogens is 757 g/mol. The van der Waals surface area contributed by atoms with Crippen molar-refractivity contribution in [2.75, 3.05) is 0 Å². The van der Waals surface area contributed by atoms with Crippen LogP contribution in [0.15, 0.2) is 247 Å². The molecule has 0 heterocycles. The van der Waals surface area contributed by atoms with Crippen molar-refractivity contribution in [1.82, 2.24) is 0 Å². The van der Waals surface area contributed by atoms with Gasteiger partial charge in [0.2, 0.25) is 0 Å². The molecule has 0 aromatic heterocycles. The van der Waals surface area contributed by atoms with Crippen molar-refractivity contribution < 1.29 is 0 Å². The lowest BCUT2D eigenvalue weighted by Gasteiger charge is -2.30. The third kappa shape index (κ3) is 10.6. The Kier molecular flexibility index (Phi) is 14.1. The minimum absolute atomic E-state index is 0.231. The Morgan fingerprint density at radius 3 is 1.90 bits per heavy atom. The lowest BCUT2D eigenvalue weighted by atomic mass is 9.74.